The van der Waals surface area contributed by atoms with Crippen molar-refractivity contribution >= 4 is 0 Å². The fourth-order valence-electron chi connectivity index (χ4n) is 4.19. The third-order valence-corrected chi connectivity index (χ3v) is 6.17. The summed E-state index contributed by atoms with van der Waals surface area (Å²) in [6, 6.07) is 0. The minimum absolute atomic E-state index is 0.301. The number of hydrogen-bond acceptors (Lipinski definition) is 3. The van der Waals surface area contributed by atoms with Gasteiger partial charge in [-0.05, 0) is 77.5 Å². The molecule has 3 heteroatoms. The molecular weight excluding hydrogens is 246 g/mol. The third-order valence-electron chi connectivity index (χ3n) is 6.17. The highest BCUT2D eigenvalue weighted by Crippen LogP contribution is 2.37. The van der Waals surface area contributed by atoms with Gasteiger partial charge in [-0.2, -0.15) is 0 Å². The van der Waals surface area contributed by atoms with Crippen LogP contribution in [0, 0.1) is 11.8 Å². The van der Waals surface area contributed by atoms with Gasteiger partial charge in [-0.15, -0.1) is 0 Å². The van der Waals surface area contributed by atoms with Crippen LogP contribution in [0.4, 0.5) is 0 Å². The van der Waals surface area contributed by atoms with Gasteiger partial charge in [0.25, 0.3) is 0 Å². The Hall–Kier alpha value is -0.120. The summed E-state index contributed by atoms with van der Waals surface area (Å²) >= 11 is 0. The quantitative estimate of drug-likeness (QED) is 0.840. The van der Waals surface area contributed by atoms with Crippen molar-refractivity contribution in [2.24, 2.45) is 17.6 Å². The second-order valence-corrected chi connectivity index (χ2v) is 7.41. The van der Waals surface area contributed by atoms with Crippen molar-refractivity contribution in [3.8, 4) is 0 Å². The van der Waals surface area contributed by atoms with Gasteiger partial charge in [-0.3, -0.25) is 4.90 Å². The number of nitrogens with two attached hydrogens (primary N) is 1. The zero-order valence-corrected chi connectivity index (χ0v) is 13.9. The third kappa shape index (κ3) is 3.75. The average molecular weight is 281 g/mol. The molecule has 2 aliphatic rings. The van der Waals surface area contributed by atoms with E-state index in [-0.39, 0.29) is 0 Å². The van der Waals surface area contributed by atoms with E-state index in [4.69, 9.17) is 5.73 Å². The van der Waals surface area contributed by atoms with Gasteiger partial charge in [0, 0.05) is 18.6 Å². The van der Waals surface area contributed by atoms with Crippen LogP contribution in [0.2, 0.25) is 0 Å². The Kier molecular flexibility index (Phi) is 5.88. The molecule has 2 fully saturated rings. The zero-order chi connectivity index (χ0) is 14.6. The molecule has 0 aromatic carbocycles. The number of nitrogens with zero attached hydrogens (tertiary/aromatic N) is 2. The summed E-state index contributed by atoms with van der Waals surface area (Å²) < 4.78 is 0. The molecule has 1 saturated carbocycles. The summed E-state index contributed by atoms with van der Waals surface area (Å²) in [7, 11) is 4.57. The molecule has 0 spiro atoms. The predicted molar refractivity (Wildman–Crippen MR) is 86.9 cm³/mol. The summed E-state index contributed by atoms with van der Waals surface area (Å²) in [5, 5.41) is 0. The summed E-state index contributed by atoms with van der Waals surface area (Å²) in [5.74, 6) is 1.83. The summed E-state index contributed by atoms with van der Waals surface area (Å²) in [6.45, 7) is 6.97. The van der Waals surface area contributed by atoms with Crippen LogP contribution < -0.4 is 5.73 Å². The monoisotopic (exact) mass is 281 g/mol. The maximum absolute atomic E-state index is 6.20. The van der Waals surface area contributed by atoms with Crippen molar-refractivity contribution in [2.45, 2.75) is 57.4 Å². The van der Waals surface area contributed by atoms with E-state index >= 15 is 0 Å². The van der Waals surface area contributed by atoms with E-state index in [0.29, 0.717) is 5.54 Å². The Labute approximate surface area is 125 Å². The predicted octanol–water partition coefficient (Wildman–Crippen LogP) is 2.56. The fraction of sp³-hybridized carbons (Fsp3) is 1.00. The lowest BCUT2D eigenvalue weighted by atomic mass is 9.74. The van der Waals surface area contributed by atoms with Gasteiger partial charge >= 0.3 is 0 Å². The zero-order valence-electron chi connectivity index (χ0n) is 13.9. The van der Waals surface area contributed by atoms with Crippen LogP contribution in [0.5, 0.6) is 0 Å². The lowest BCUT2D eigenvalue weighted by molar-refractivity contribution is 0.0416. The molecule has 3 nitrogen and oxygen atoms in total. The van der Waals surface area contributed by atoms with E-state index in [1.807, 2.05) is 0 Å². The Morgan fingerprint density at radius 3 is 2.20 bits per heavy atom. The summed E-state index contributed by atoms with van der Waals surface area (Å²) in [5.41, 5.74) is 6.50. The SMILES string of the molecule is CCC1CCC(CN)(N(C)CC2CCN(C)CC2)CC1. The van der Waals surface area contributed by atoms with Gasteiger partial charge in [-0.1, -0.05) is 13.3 Å². The molecule has 0 aromatic rings. The number of hydrogen-bond donors (Lipinski definition) is 1. The van der Waals surface area contributed by atoms with E-state index in [1.165, 1.54) is 64.6 Å². The molecule has 0 radical (unpaired) electrons. The van der Waals surface area contributed by atoms with Crippen molar-refractivity contribution in [3.05, 3.63) is 0 Å². The van der Waals surface area contributed by atoms with Crippen LogP contribution in [0.3, 0.4) is 0 Å². The molecule has 118 valence electrons. The van der Waals surface area contributed by atoms with Crippen LogP contribution in [0.25, 0.3) is 0 Å². The molecule has 0 amide bonds. The van der Waals surface area contributed by atoms with Gasteiger partial charge in [0.2, 0.25) is 0 Å². The van der Waals surface area contributed by atoms with E-state index in [1.54, 1.807) is 0 Å². The molecule has 1 aliphatic carbocycles. The number of likely N-dealkylation sites (tertiary alicyclic amines) is 1. The Morgan fingerprint density at radius 1 is 1.10 bits per heavy atom. The molecule has 2 rings (SSSR count). The van der Waals surface area contributed by atoms with E-state index in [9.17, 15) is 0 Å². The first-order valence-corrected chi connectivity index (χ1v) is 8.69. The topological polar surface area (TPSA) is 32.5 Å². The second kappa shape index (κ2) is 7.24. The average Bonchev–Trinajstić information content (AvgIpc) is 2.49. The first-order chi connectivity index (χ1) is 9.59. The second-order valence-electron chi connectivity index (χ2n) is 7.41. The van der Waals surface area contributed by atoms with Crippen molar-refractivity contribution in [2.75, 3.05) is 40.3 Å². The highest BCUT2D eigenvalue weighted by atomic mass is 15.2. The first kappa shape index (κ1) is 16.3. The highest BCUT2D eigenvalue weighted by Gasteiger charge is 2.38. The maximum atomic E-state index is 6.20. The normalized spacial score (nSPS) is 33.8. The Morgan fingerprint density at radius 2 is 1.70 bits per heavy atom. The lowest BCUT2D eigenvalue weighted by Crippen LogP contribution is -2.55. The van der Waals surface area contributed by atoms with Crippen LogP contribution in [-0.2, 0) is 0 Å². The number of piperidine rings is 1. The summed E-state index contributed by atoms with van der Waals surface area (Å²) in [4.78, 5) is 5.09. The van der Waals surface area contributed by atoms with Crippen LogP contribution >= 0.6 is 0 Å². The van der Waals surface area contributed by atoms with Crippen molar-refractivity contribution in [1.29, 1.82) is 0 Å². The van der Waals surface area contributed by atoms with Crippen LogP contribution in [0.1, 0.15) is 51.9 Å². The maximum Gasteiger partial charge on any atom is 0.0329 e. The molecule has 1 heterocycles. The van der Waals surface area contributed by atoms with Crippen molar-refractivity contribution in [3.63, 3.8) is 0 Å². The lowest BCUT2D eigenvalue weighted by Gasteiger charge is -2.47. The van der Waals surface area contributed by atoms with Gasteiger partial charge in [0.05, 0.1) is 0 Å². The Bertz CT molecular complexity index is 276. The minimum Gasteiger partial charge on any atom is -0.329 e. The van der Waals surface area contributed by atoms with Crippen LogP contribution in [-0.4, -0.2) is 55.6 Å². The van der Waals surface area contributed by atoms with Gasteiger partial charge in [0.1, 0.15) is 0 Å². The standard InChI is InChI=1S/C17H35N3/c1-4-15-5-9-17(14-18,10-6-15)20(3)13-16-7-11-19(2)12-8-16/h15-16H,4-14,18H2,1-3H3. The molecule has 0 unspecified atom stereocenters. The van der Waals surface area contributed by atoms with E-state index in [2.05, 4.69) is 30.8 Å². The van der Waals surface area contributed by atoms with Gasteiger partial charge in [-0.25, -0.2) is 0 Å². The minimum atomic E-state index is 0.301. The molecule has 1 saturated heterocycles. The molecule has 20 heavy (non-hydrogen) atoms. The molecule has 2 N–H and O–H groups in total. The van der Waals surface area contributed by atoms with E-state index in [0.717, 1.165) is 18.4 Å². The smallest absolute Gasteiger partial charge is 0.0329 e. The molecule has 0 bridgehead atoms. The molecule has 0 aromatic heterocycles. The molecular formula is C17H35N3. The van der Waals surface area contributed by atoms with E-state index < -0.39 is 0 Å². The number of rotatable bonds is 5. The Balaban J connectivity index is 1.87. The molecule has 1 aliphatic heterocycles. The first-order valence-electron chi connectivity index (χ1n) is 8.69. The number of likely N-dealkylation sites (N-methyl/N-ethyl adjacent to an activating group) is 1. The van der Waals surface area contributed by atoms with Gasteiger partial charge < -0.3 is 10.6 Å². The molecule has 0 atom stereocenters. The van der Waals surface area contributed by atoms with Gasteiger partial charge in [0.15, 0.2) is 0 Å². The van der Waals surface area contributed by atoms with Crippen molar-refractivity contribution < 1.29 is 0 Å². The largest absolute Gasteiger partial charge is 0.329 e. The fourth-order valence-corrected chi connectivity index (χ4v) is 4.19. The van der Waals surface area contributed by atoms with Crippen molar-refractivity contribution in [1.82, 2.24) is 9.80 Å². The van der Waals surface area contributed by atoms with Crippen LogP contribution in [0.15, 0.2) is 0 Å². The highest BCUT2D eigenvalue weighted by molar-refractivity contribution is 4.95. The summed E-state index contributed by atoms with van der Waals surface area (Å²) in [6.07, 6.45) is 9.45.